The molecule has 0 atom stereocenters. The van der Waals surface area contributed by atoms with Crippen molar-refractivity contribution in [2.45, 2.75) is 38.1 Å². The topological polar surface area (TPSA) is 86.6 Å². The quantitative estimate of drug-likeness (QED) is 0.649. The first-order valence-electron chi connectivity index (χ1n) is 11.8. The molecule has 5 heterocycles. The molecule has 34 heavy (non-hydrogen) atoms. The number of halogens is 1. The number of hydrogen-bond donors (Lipinski definition) is 1. The average molecular weight is 461 g/mol. The summed E-state index contributed by atoms with van der Waals surface area (Å²) in [6, 6.07) is 8.44. The summed E-state index contributed by atoms with van der Waals surface area (Å²) in [6.07, 6.45) is 7.52. The van der Waals surface area contributed by atoms with E-state index in [1.165, 1.54) is 12.1 Å². The number of imidazole rings is 1. The molecule has 1 aromatic carbocycles. The molecule has 8 nitrogen and oxygen atoms in total. The standard InChI is InChI=1S/C25H25FN6O2/c26-17-3-4-21-16(14-17)6-13-31(21)24(33)20-15-19(5-10-27-20)30-11-7-18(8-12-30)32-22-2-1-9-28-23(22)29-25(32)34/h3-5,9-10,14-15,18H,1-2,6-8,11-13H2,(H,29,34). The van der Waals surface area contributed by atoms with Crippen LogP contribution in [0.4, 0.5) is 21.6 Å². The summed E-state index contributed by atoms with van der Waals surface area (Å²) in [5.41, 5.74) is 3.86. The third-order valence-corrected chi connectivity index (χ3v) is 7.08. The molecule has 9 heteroatoms. The van der Waals surface area contributed by atoms with E-state index < -0.39 is 0 Å². The predicted molar refractivity (Wildman–Crippen MR) is 128 cm³/mol. The third-order valence-electron chi connectivity index (χ3n) is 7.08. The van der Waals surface area contributed by atoms with Crippen LogP contribution in [-0.2, 0) is 12.8 Å². The number of aromatic nitrogens is 3. The number of carbonyl (C=O) groups excluding carboxylic acids is 1. The van der Waals surface area contributed by atoms with E-state index in [9.17, 15) is 14.0 Å². The Morgan fingerprint density at radius 3 is 2.79 bits per heavy atom. The van der Waals surface area contributed by atoms with E-state index in [1.807, 2.05) is 22.9 Å². The second-order valence-electron chi connectivity index (χ2n) is 9.04. The normalized spacial score (nSPS) is 17.7. The van der Waals surface area contributed by atoms with Gasteiger partial charge in [0, 0.05) is 49.5 Å². The molecule has 2 aromatic heterocycles. The van der Waals surface area contributed by atoms with Crippen molar-refractivity contribution in [2.75, 3.05) is 29.4 Å². The Kier molecular flexibility index (Phi) is 5.04. The number of rotatable bonds is 3. The molecule has 1 N–H and O–H groups in total. The number of aromatic amines is 1. The number of fused-ring (bicyclic) bond motifs is 2. The molecular formula is C25H25FN6O2. The lowest BCUT2D eigenvalue weighted by molar-refractivity contribution is 0.0984. The van der Waals surface area contributed by atoms with E-state index in [2.05, 4.69) is 19.9 Å². The van der Waals surface area contributed by atoms with Crippen LogP contribution in [0.3, 0.4) is 0 Å². The first-order chi connectivity index (χ1) is 16.6. The van der Waals surface area contributed by atoms with Gasteiger partial charge in [0.2, 0.25) is 0 Å². The van der Waals surface area contributed by atoms with Gasteiger partial charge in [-0.2, -0.15) is 0 Å². The first kappa shape index (κ1) is 20.8. The highest BCUT2D eigenvalue weighted by Gasteiger charge is 2.29. The van der Waals surface area contributed by atoms with E-state index >= 15 is 0 Å². The Bertz CT molecular complexity index is 1350. The Morgan fingerprint density at radius 1 is 1.09 bits per heavy atom. The van der Waals surface area contributed by atoms with Crippen molar-refractivity contribution in [3.63, 3.8) is 0 Å². The minimum atomic E-state index is -0.285. The van der Waals surface area contributed by atoms with E-state index in [4.69, 9.17) is 0 Å². The zero-order valence-electron chi connectivity index (χ0n) is 18.7. The summed E-state index contributed by atoms with van der Waals surface area (Å²) in [7, 11) is 0. The van der Waals surface area contributed by atoms with E-state index in [1.54, 1.807) is 17.2 Å². The van der Waals surface area contributed by atoms with E-state index in [-0.39, 0.29) is 23.5 Å². The Balaban J connectivity index is 1.18. The number of anilines is 2. The lowest BCUT2D eigenvalue weighted by Crippen LogP contribution is -2.38. The lowest BCUT2D eigenvalue weighted by Gasteiger charge is -2.34. The Hall–Kier alpha value is -3.75. The average Bonchev–Trinajstić information content (AvgIpc) is 3.43. The van der Waals surface area contributed by atoms with Crippen molar-refractivity contribution < 1.29 is 9.18 Å². The summed E-state index contributed by atoms with van der Waals surface area (Å²) in [4.78, 5) is 41.2. The number of piperidine rings is 1. The van der Waals surface area contributed by atoms with Gasteiger partial charge in [0.15, 0.2) is 5.82 Å². The fraction of sp³-hybridized carbons (Fsp3) is 0.360. The number of hydrogen-bond acceptors (Lipinski definition) is 5. The molecule has 0 aliphatic carbocycles. The number of nitrogens with zero attached hydrogens (tertiary/aromatic N) is 5. The van der Waals surface area contributed by atoms with Crippen LogP contribution in [-0.4, -0.2) is 46.3 Å². The van der Waals surface area contributed by atoms with Crippen LogP contribution in [0.25, 0.3) is 0 Å². The number of aliphatic imine (C=N–C) groups is 1. The smallest absolute Gasteiger partial charge is 0.327 e. The molecule has 0 radical (unpaired) electrons. The van der Waals surface area contributed by atoms with Crippen molar-refractivity contribution in [1.82, 2.24) is 14.5 Å². The summed E-state index contributed by atoms with van der Waals surface area (Å²) >= 11 is 0. The van der Waals surface area contributed by atoms with Gasteiger partial charge in [-0.25, -0.2) is 14.2 Å². The summed E-state index contributed by atoms with van der Waals surface area (Å²) in [6.45, 7) is 2.09. The first-order valence-corrected chi connectivity index (χ1v) is 11.8. The second-order valence-corrected chi connectivity index (χ2v) is 9.04. The number of amides is 1. The number of benzene rings is 1. The maximum Gasteiger partial charge on any atom is 0.327 e. The number of nitrogens with one attached hydrogen (secondary N) is 1. The summed E-state index contributed by atoms with van der Waals surface area (Å²) < 4.78 is 15.4. The number of carbonyl (C=O) groups is 1. The lowest BCUT2D eigenvalue weighted by atomic mass is 10.0. The molecule has 3 aromatic rings. The van der Waals surface area contributed by atoms with Gasteiger partial charge in [-0.05, 0) is 68.0 Å². The third kappa shape index (κ3) is 3.52. The van der Waals surface area contributed by atoms with Crippen LogP contribution in [0.2, 0.25) is 0 Å². The molecule has 1 amide bonds. The molecule has 3 aliphatic heterocycles. The van der Waals surface area contributed by atoms with E-state index in [0.717, 1.165) is 61.4 Å². The largest absolute Gasteiger partial charge is 0.371 e. The number of pyridine rings is 1. The van der Waals surface area contributed by atoms with Gasteiger partial charge in [-0.15, -0.1) is 0 Å². The minimum Gasteiger partial charge on any atom is -0.371 e. The summed E-state index contributed by atoms with van der Waals surface area (Å²) in [5, 5.41) is 0. The minimum absolute atomic E-state index is 0.0786. The van der Waals surface area contributed by atoms with Crippen molar-refractivity contribution in [3.05, 3.63) is 69.8 Å². The van der Waals surface area contributed by atoms with Crippen LogP contribution in [0, 0.1) is 5.82 Å². The molecule has 3 aliphatic rings. The molecule has 174 valence electrons. The Morgan fingerprint density at radius 2 is 1.94 bits per heavy atom. The maximum absolute atomic E-state index is 13.5. The summed E-state index contributed by atoms with van der Waals surface area (Å²) in [5.74, 6) is 0.238. The van der Waals surface area contributed by atoms with E-state index in [0.29, 0.717) is 24.5 Å². The van der Waals surface area contributed by atoms with Gasteiger partial charge in [-0.1, -0.05) is 0 Å². The Labute approximate surface area is 195 Å². The fourth-order valence-corrected chi connectivity index (χ4v) is 5.39. The van der Waals surface area contributed by atoms with Crippen molar-refractivity contribution in [3.8, 4) is 0 Å². The molecule has 0 bridgehead atoms. The van der Waals surface area contributed by atoms with Crippen LogP contribution < -0.4 is 15.5 Å². The van der Waals surface area contributed by atoms with Crippen LogP contribution >= 0.6 is 0 Å². The molecule has 0 spiro atoms. The maximum atomic E-state index is 13.5. The molecule has 0 saturated carbocycles. The predicted octanol–water partition coefficient (Wildman–Crippen LogP) is 3.40. The monoisotopic (exact) mass is 460 g/mol. The molecule has 6 rings (SSSR count). The van der Waals surface area contributed by atoms with Gasteiger partial charge >= 0.3 is 5.69 Å². The van der Waals surface area contributed by atoms with Crippen molar-refractivity contribution in [1.29, 1.82) is 0 Å². The number of H-pyrrole nitrogens is 1. The second kappa shape index (κ2) is 8.23. The highest BCUT2D eigenvalue weighted by molar-refractivity contribution is 6.06. The molecule has 1 fully saturated rings. The van der Waals surface area contributed by atoms with Crippen LogP contribution in [0.1, 0.15) is 47.1 Å². The van der Waals surface area contributed by atoms with Gasteiger partial charge in [0.1, 0.15) is 11.5 Å². The van der Waals surface area contributed by atoms with Gasteiger partial charge in [-0.3, -0.25) is 19.3 Å². The zero-order valence-corrected chi connectivity index (χ0v) is 18.7. The van der Waals surface area contributed by atoms with Crippen LogP contribution in [0.15, 0.2) is 46.3 Å². The highest BCUT2D eigenvalue weighted by atomic mass is 19.1. The highest BCUT2D eigenvalue weighted by Crippen LogP contribution is 2.32. The zero-order chi connectivity index (χ0) is 23.2. The molecular weight excluding hydrogens is 435 g/mol. The van der Waals surface area contributed by atoms with Gasteiger partial charge in [0.05, 0.1) is 5.69 Å². The van der Waals surface area contributed by atoms with Gasteiger partial charge < -0.3 is 9.80 Å². The van der Waals surface area contributed by atoms with Gasteiger partial charge in [0.25, 0.3) is 5.91 Å². The van der Waals surface area contributed by atoms with Crippen molar-refractivity contribution >= 4 is 29.3 Å². The van der Waals surface area contributed by atoms with Crippen LogP contribution in [0.5, 0.6) is 0 Å². The SMILES string of the molecule is O=C(c1cc(N2CCC(n3c4c([nH]c3=O)N=CCC4)CC2)ccn1)N1CCc2cc(F)ccc21. The molecule has 1 saturated heterocycles. The van der Waals surface area contributed by atoms with Crippen molar-refractivity contribution in [2.24, 2.45) is 4.99 Å². The molecule has 0 unspecified atom stereocenters. The fourth-order valence-electron chi connectivity index (χ4n) is 5.39.